The predicted molar refractivity (Wildman–Crippen MR) is 186 cm³/mol. The van der Waals surface area contributed by atoms with E-state index < -0.39 is 47.7 Å². The third-order valence-corrected chi connectivity index (χ3v) is 9.53. The normalized spacial score (nSPS) is 20.3. The number of benzene rings is 2. The first-order valence-corrected chi connectivity index (χ1v) is 17.3. The lowest BCUT2D eigenvalue weighted by molar-refractivity contribution is -0.136. The molecule has 1 spiro atoms. The van der Waals surface area contributed by atoms with Gasteiger partial charge in [0.2, 0.25) is 23.6 Å². The smallest absolute Gasteiger partial charge is 0.255 e. The number of rotatable bonds is 6. The first kappa shape index (κ1) is 36.1. The fourth-order valence-electron chi connectivity index (χ4n) is 6.67. The van der Waals surface area contributed by atoms with Gasteiger partial charge in [-0.3, -0.25) is 28.7 Å². The molecule has 1 aliphatic heterocycles. The number of fused-ring (bicyclic) bond motifs is 1. The fraction of sp³-hybridized carbons (Fsp3) is 0.459. The maximum Gasteiger partial charge on any atom is 0.255 e. The Balaban J connectivity index is 1.39. The van der Waals surface area contributed by atoms with Crippen molar-refractivity contribution >= 4 is 29.5 Å². The van der Waals surface area contributed by atoms with Crippen LogP contribution in [0.4, 0.5) is 0 Å². The summed E-state index contributed by atoms with van der Waals surface area (Å²) in [6.07, 6.45) is 2.97. The number of aryl methyl sites for hydroxylation is 2. The molecule has 13 nitrogen and oxygen atoms in total. The Morgan fingerprint density at radius 2 is 1.70 bits per heavy atom. The van der Waals surface area contributed by atoms with Crippen molar-refractivity contribution in [2.45, 2.75) is 82.8 Å². The molecule has 1 saturated carbocycles. The highest BCUT2D eigenvalue weighted by molar-refractivity contribution is 6.01. The van der Waals surface area contributed by atoms with Gasteiger partial charge in [-0.15, -0.1) is 0 Å². The maximum atomic E-state index is 14.0. The van der Waals surface area contributed by atoms with E-state index in [0.717, 1.165) is 22.5 Å². The number of aromatic nitrogens is 2. The maximum absolute atomic E-state index is 14.0. The topological polar surface area (TPSA) is 173 Å². The van der Waals surface area contributed by atoms with Crippen molar-refractivity contribution in [2.24, 2.45) is 7.05 Å². The Morgan fingerprint density at radius 1 is 0.980 bits per heavy atom. The second-order valence-electron chi connectivity index (χ2n) is 13.1. The largest absolute Gasteiger partial charge is 0.493 e. The Morgan fingerprint density at radius 3 is 2.42 bits per heavy atom. The molecule has 2 heterocycles. The second kappa shape index (κ2) is 16.5. The van der Waals surface area contributed by atoms with E-state index in [4.69, 9.17) is 4.74 Å². The van der Waals surface area contributed by atoms with Gasteiger partial charge in [-0.05, 0) is 62.8 Å². The summed E-state index contributed by atoms with van der Waals surface area (Å²) in [6.45, 7) is 4.60. The minimum atomic E-state index is -1.27. The third-order valence-electron chi connectivity index (χ3n) is 9.53. The van der Waals surface area contributed by atoms with Crippen LogP contribution in [-0.2, 0) is 39.1 Å². The Kier molecular flexibility index (Phi) is 11.9. The molecule has 2 atom stereocenters. The summed E-state index contributed by atoms with van der Waals surface area (Å²) < 4.78 is 7.71. The molecule has 2 aliphatic rings. The number of carbonyl (C=O) groups excluding carboxylic acids is 5. The zero-order valence-electron chi connectivity index (χ0n) is 29.0. The lowest BCUT2D eigenvalue weighted by atomic mass is 9.94. The number of para-hydroxylation sites is 1. The molecule has 0 saturated heterocycles. The van der Waals surface area contributed by atoms with Gasteiger partial charge < -0.3 is 31.3 Å². The van der Waals surface area contributed by atoms with Crippen LogP contribution in [0, 0.1) is 13.8 Å². The van der Waals surface area contributed by atoms with Crippen molar-refractivity contribution in [1.29, 1.82) is 0 Å². The molecular formula is C37H47N7O6. The monoisotopic (exact) mass is 685 g/mol. The third kappa shape index (κ3) is 8.87. The quantitative estimate of drug-likeness (QED) is 0.264. The zero-order chi connectivity index (χ0) is 35.7. The van der Waals surface area contributed by atoms with Crippen LogP contribution >= 0.6 is 0 Å². The summed E-state index contributed by atoms with van der Waals surface area (Å²) in [5, 5.41) is 18.8. The molecule has 13 heteroatoms. The first-order chi connectivity index (χ1) is 24.1. The first-order valence-electron chi connectivity index (χ1n) is 17.3. The van der Waals surface area contributed by atoms with Crippen LogP contribution in [0.5, 0.6) is 5.75 Å². The average molecular weight is 686 g/mol. The highest BCUT2D eigenvalue weighted by atomic mass is 16.5. The lowest BCUT2D eigenvalue weighted by Crippen LogP contribution is -2.62. The SMILES string of the molecule is Cc1nn(C)c(C)c1CCNC(=O)[C@@H]1CC(=O)NC2(CCCC2)C(=O)N[C@@H](Cc2ccccc2)C(=O)NCCCOc2ccccc2C(=O)N1. The molecule has 1 fully saturated rings. The molecule has 50 heavy (non-hydrogen) atoms. The van der Waals surface area contributed by atoms with Gasteiger partial charge in [-0.1, -0.05) is 55.3 Å². The van der Waals surface area contributed by atoms with E-state index in [9.17, 15) is 24.0 Å². The summed E-state index contributed by atoms with van der Waals surface area (Å²) in [7, 11) is 1.86. The minimum absolute atomic E-state index is 0.197. The van der Waals surface area contributed by atoms with Crippen LogP contribution in [-0.4, -0.2) is 76.6 Å². The number of hydrogen-bond donors (Lipinski definition) is 5. The molecular weight excluding hydrogens is 638 g/mol. The van der Waals surface area contributed by atoms with Gasteiger partial charge in [0.15, 0.2) is 0 Å². The summed E-state index contributed by atoms with van der Waals surface area (Å²) in [5.41, 5.74) is 2.67. The van der Waals surface area contributed by atoms with Crippen molar-refractivity contribution in [1.82, 2.24) is 36.4 Å². The molecule has 266 valence electrons. The van der Waals surface area contributed by atoms with Gasteiger partial charge in [-0.2, -0.15) is 5.10 Å². The van der Waals surface area contributed by atoms with Gasteiger partial charge in [0, 0.05) is 32.3 Å². The van der Waals surface area contributed by atoms with E-state index >= 15 is 0 Å². The number of nitrogens with zero attached hydrogens (tertiary/aromatic N) is 2. The summed E-state index contributed by atoms with van der Waals surface area (Å²) in [4.78, 5) is 68.4. The molecule has 3 aromatic rings. The molecule has 1 aromatic heterocycles. The molecule has 5 N–H and O–H groups in total. The number of nitrogens with one attached hydrogen (secondary N) is 5. The van der Waals surface area contributed by atoms with E-state index in [-0.39, 0.29) is 37.6 Å². The number of amides is 5. The Hall–Kier alpha value is -5.20. The second-order valence-corrected chi connectivity index (χ2v) is 13.1. The highest BCUT2D eigenvalue weighted by Crippen LogP contribution is 2.30. The average Bonchev–Trinajstić information content (AvgIpc) is 3.67. The van der Waals surface area contributed by atoms with Gasteiger partial charge in [0.05, 0.1) is 24.3 Å². The summed E-state index contributed by atoms with van der Waals surface area (Å²) in [6, 6.07) is 13.9. The van der Waals surface area contributed by atoms with Gasteiger partial charge in [-0.25, -0.2) is 0 Å². The van der Waals surface area contributed by atoms with Crippen molar-refractivity contribution < 1.29 is 28.7 Å². The number of carbonyl (C=O) groups is 5. The van der Waals surface area contributed by atoms with Crippen LogP contribution in [0.1, 0.15) is 71.4 Å². The van der Waals surface area contributed by atoms with Gasteiger partial charge >= 0.3 is 0 Å². The van der Waals surface area contributed by atoms with Crippen molar-refractivity contribution in [3.05, 3.63) is 82.7 Å². The van der Waals surface area contributed by atoms with E-state index in [2.05, 4.69) is 31.7 Å². The Labute approximate surface area is 292 Å². The number of hydrogen-bond acceptors (Lipinski definition) is 7. The van der Waals surface area contributed by atoms with Crippen molar-refractivity contribution in [3.8, 4) is 5.75 Å². The van der Waals surface area contributed by atoms with Gasteiger partial charge in [0.25, 0.3) is 5.91 Å². The van der Waals surface area contributed by atoms with Crippen LogP contribution in [0.2, 0.25) is 0 Å². The van der Waals surface area contributed by atoms with E-state index in [1.165, 1.54) is 0 Å². The van der Waals surface area contributed by atoms with E-state index in [0.29, 0.717) is 44.3 Å². The van der Waals surface area contributed by atoms with Crippen LogP contribution in [0.3, 0.4) is 0 Å². The lowest BCUT2D eigenvalue weighted by Gasteiger charge is -2.32. The van der Waals surface area contributed by atoms with Crippen LogP contribution in [0.25, 0.3) is 0 Å². The minimum Gasteiger partial charge on any atom is -0.493 e. The van der Waals surface area contributed by atoms with Gasteiger partial charge in [0.1, 0.15) is 23.4 Å². The summed E-state index contributed by atoms with van der Waals surface area (Å²) in [5.74, 6) is -2.19. The standard InChI is InChI=1S/C37H47N7O6/c1-24-27(25(2)44(3)43-24)16-20-39-35(48)30-23-32(45)42-37(17-9-10-18-37)36(49)41-29(22-26-12-5-4-6-13-26)34(47)38-19-11-21-50-31-15-8-7-14-28(31)33(46)40-30/h4-8,12-15,29-30H,9-11,16-23H2,1-3H3,(H,38,47)(H,39,48)(H,40,46)(H,41,49)(H,42,45)/t29-,30-/m0/s1. The van der Waals surface area contributed by atoms with E-state index in [1.807, 2.05) is 51.2 Å². The molecule has 2 aromatic carbocycles. The zero-order valence-corrected chi connectivity index (χ0v) is 29.0. The Bertz CT molecular complexity index is 1700. The molecule has 5 amide bonds. The fourth-order valence-corrected chi connectivity index (χ4v) is 6.67. The van der Waals surface area contributed by atoms with Crippen molar-refractivity contribution in [2.75, 3.05) is 19.7 Å². The molecule has 0 radical (unpaired) electrons. The molecule has 0 bridgehead atoms. The summed E-state index contributed by atoms with van der Waals surface area (Å²) >= 11 is 0. The van der Waals surface area contributed by atoms with E-state index in [1.54, 1.807) is 28.9 Å². The van der Waals surface area contributed by atoms with Crippen molar-refractivity contribution in [3.63, 3.8) is 0 Å². The van der Waals surface area contributed by atoms with Crippen LogP contribution < -0.4 is 31.3 Å². The number of ether oxygens (including phenoxy) is 1. The highest BCUT2D eigenvalue weighted by Gasteiger charge is 2.44. The van der Waals surface area contributed by atoms with Crippen LogP contribution in [0.15, 0.2) is 54.6 Å². The molecule has 5 rings (SSSR count). The predicted octanol–water partition coefficient (Wildman–Crippen LogP) is 1.94. The molecule has 0 unspecified atom stereocenters. The molecule has 1 aliphatic carbocycles.